The highest BCUT2D eigenvalue weighted by molar-refractivity contribution is 6.09. The second kappa shape index (κ2) is 11.0. The molecule has 0 bridgehead atoms. The number of hydrogen-bond acceptors (Lipinski definition) is 3. The van der Waals surface area contributed by atoms with E-state index in [0.717, 1.165) is 37.1 Å². The highest BCUT2D eigenvalue weighted by atomic mass is 19.4. The number of nitrogens with one attached hydrogen (secondary N) is 2. The zero-order chi connectivity index (χ0) is 23.0. The van der Waals surface area contributed by atoms with Crippen molar-refractivity contribution < 1.29 is 17.6 Å². The number of nitrogens with zero attached hydrogens (tertiary/aromatic N) is 1. The van der Waals surface area contributed by atoms with Gasteiger partial charge in [-0.3, -0.25) is 4.98 Å². The molecule has 7 heteroatoms. The monoisotopic (exact) mass is 433 g/mol. The Hall–Kier alpha value is -2.80. The maximum atomic E-state index is 13.1. The summed E-state index contributed by atoms with van der Waals surface area (Å²) in [5, 5.41) is 11.7. The van der Waals surface area contributed by atoms with Crippen LogP contribution in [0.3, 0.4) is 0 Å². The maximum Gasteiger partial charge on any atom is 0.433 e. The van der Waals surface area contributed by atoms with Gasteiger partial charge in [-0.1, -0.05) is 44.6 Å². The third-order valence-electron chi connectivity index (χ3n) is 4.79. The third-order valence-corrected chi connectivity index (χ3v) is 4.79. The number of hydrogen-bond donors (Lipinski definition) is 2. The van der Waals surface area contributed by atoms with Crippen LogP contribution in [0, 0.1) is 11.2 Å². The van der Waals surface area contributed by atoms with Gasteiger partial charge in [0.2, 0.25) is 0 Å². The van der Waals surface area contributed by atoms with E-state index in [-0.39, 0.29) is 23.1 Å². The first-order valence-corrected chi connectivity index (χ1v) is 10.1. The van der Waals surface area contributed by atoms with Crippen molar-refractivity contribution >= 4 is 11.3 Å². The molecule has 3 nitrogen and oxygen atoms in total. The minimum absolute atomic E-state index is 0.0454. The van der Waals surface area contributed by atoms with Crippen molar-refractivity contribution in [2.75, 3.05) is 0 Å². The van der Waals surface area contributed by atoms with E-state index in [1.165, 1.54) is 18.2 Å². The van der Waals surface area contributed by atoms with E-state index in [2.05, 4.69) is 23.8 Å². The number of rotatable bonds is 10. The molecule has 0 aliphatic heterocycles. The fourth-order valence-electron chi connectivity index (χ4n) is 3.02. The highest BCUT2D eigenvalue weighted by Crippen LogP contribution is 2.30. The van der Waals surface area contributed by atoms with Gasteiger partial charge in [-0.25, -0.2) is 4.39 Å². The number of allylic oxidation sites excluding steroid dienone is 2. The Morgan fingerprint density at radius 2 is 1.90 bits per heavy atom. The summed E-state index contributed by atoms with van der Waals surface area (Å²) in [7, 11) is 0. The Morgan fingerprint density at radius 1 is 1.23 bits per heavy atom. The molecule has 1 aromatic carbocycles. The van der Waals surface area contributed by atoms with E-state index in [1.807, 2.05) is 0 Å². The van der Waals surface area contributed by atoms with Gasteiger partial charge in [-0.05, 0) is 48.8 Å². The van der Waals surface area contributed by atoms with E-state index < -0.39 is 11.9 Å². The average molecular weight is 433 g/mol. The predicted molar refractivity (Wildman–Crippen MR) is 116 cm³/mol. The Labute approximate surface area is 180 Å². The van der Waals surface area contributed by atoms with Crippen LogP contribution in [0.4, 0.5) is 17.6 Å². The molecule has 2 rings (SSSR count). The minimum atomic E-state index is -4.59. The Kier molecular flexibility index (Phi) is 8.68. The summed E-state index contributed by atoms with van der Waals surface area (Å²) in [6.45, 7) is 8.03. The van der Waals surface area contributed by atoms with Gasteiger partial charge in [-0.2, -0.15) is 13.2 Å². The quantitative estimate of drug-likeness (QED) is 0.330. The topological polar surface area (TPSA) is 48.8 Å². The largest absolute Gasteiger partial charge is 0.433 e. The lowest BCUT2D eigenvalue weighted by Crippen LogP contribution is -2.27. The molecule has 0 saturated carbocycles. The van der Waals surface area contributed by atoms with Crippen LogP contribution in [0.1, 0.15) is 55.5 Å². The van der Waals surface area contributed by atoms with E-state index in [4.69, 9.17) is 5.41 Å². The molecule has 1 aromatic heterocycles. The van der Waals surface area contributed by atoms with E-state index in [0.29, 0.717) is 17.7 Å². The molecule has 0 fully saturated rings. The van der Waals surface area contributed by atoms with E-state index in [9.17, 15) is 17.6 Å². The van der Waals surface area contributed by atoms with Gasteiger partial charge in [-0.15, -0.1) is 0 Å². The van der Waals surface area contributed by atoms with Crippen molar-refractivity contribution in [2.45, 2.75) is 51.9 Å². The molecule has 2 aromatic rings. The first-order chi connectivity index (χ1) is 14.6. The van der Waals surface area contributed by atoms with Gasteiger partial charge in [0.1, 0.15) is 11.5 Å². The normalized spacial score (nSPS) is 12.8. The molecule has 2 N–H and O–H groups in total. The standard InChI is InChI=1S/C24H27F4N3/c1-4-5-6-19(30-14-17-7-9-18(25)10-8-17)11-12-22(29)20-13-23(24(26,27)28)31-15-21(20)16(2)3/h7-13,15,19,29-30H,2,4-6,14H2,1,3H3. The molecular formula is C24H27F4N3. The highest BCUT2D eigenvalue weighted by Gasteiger charge is 2.33. The molecule has 0 aliphatic carbocycles. The van der Waals surface area contributed by atoms with Gasteiger partial charge in [0.05, 0.1) is 5.71 Å². The lowest BCUT2D eigenvalue weighted by molar-refractivity contribution is -0.141. The van der Waals surface area contributed by atoms with Crippen molar-refractivity contribution in [1.29, 1.82) is 5.41 Å². The number of alkyl halides is 3. The van der Waals surface area contributed by atoms with Crippen molar-refractivity contribution in [3.05, 3.63) is 83.5 Å². The fourth-order valence-corrected chi connectivity index (χ4v) is 3.02. The molecular weight excluding hydrogens is 406 g/mol. The summed E-state index contributed by atoms with van der Waals surface area (Å²) in [4.78, 5) is 3.47. The Bertz CT molecular complexity index is 931. The molecule has 1 heterocycles. The van der Waals surface area contributed by atoms with Gasteiger partial charge in [0.25, 0.3) is 0 Å². The maximum absolute atomic E-state index is 13.1. The van der Waals surface area contributed by atoms with Gasteiger partial charge < -0.3 is 10.7 Å². The molecule has 1 atom stereocenters. The summed E-state index contributed by atoms with van der Waals surface area (Å²) in [5.74, 6) is -0.302. The van der Waals surface area contributed by atoms with Gasteiger partial charge in [0.15, 0.2) is 0 Å². The minimum Gasteiger partial charge on any atom is -0.306 e. The van der Waals surface area contributed by atoms with Crippen LogP contribution in [0.15, 0.2) is 55.3 Å². The molecule has 1 unspecified atom stereocenters. The smallest absolute Gasteiger partial charge is 0.306 e. The summed E-state index contributed by atoms with van der Waals surface area (Å²) in [6, 6.07) is 6.99. The third kappa shape index (κ3) is 7.43. The summed E-state index contributed by atoms with van der Waals surface area (Å²) >= 11 is 0. The van der Waals surface area contributed by atoms with Crippen LogP contribution in [0.2, 0.25) is 0 Å². The second-order valence-electron chi connectivity index (χ2n) is 7.42. The summed E-state index contributed by atoms with van der Waals surface area (Å²) in [6.07, 6.45) is 2.57. The number of aromatic nitrogens is 1. The zero-order valence-corrected chi connectivity index (χ0v) is 17.7. The van der Waals surface area contributed by atoms with E-state index >= 15 is 0 Å². The number of benzene rings is 1. The lowest BCUT2D eigenvalue weighted by atomic mass is 9.98. The summed E-state index contributed by atoms with van der Waals surface area (Å²) < 4.78 is 52.4. The molecule has 0 aliphatic rings. The molecule has 0 radical (unpaired) electrons. The molecule has 0 spiro atoms. The van der Waals surface area contributed by atoms with Crippen LogP contribution in [-0.4, -0.2) is 16.7 Å². The molecule has 31 heavy (non-hydrogen) atoms. The second-order valence-corrected chi connectivity index (χ2v) is 7.42. The van der Waals surface area contributed by atoms with Crippen molar-refractivity contribution in [3.8, 4) is 0 Å². The number of halogens is 4. The van der Waals surface area contributed by atoms with Gasteiger partial charge >= 0.3 is 6.18 Å². The number of pyridine rings is 1. The van der Waals surface area contributed by atoms with Crippen LogP contribution in [-0.2, 0) is 12.7 Å². The molecule has 0 amide bonds. The lowest BCUT2D eigenvalue weighted by Gasteiger charge is -2.16. The van der Waals surface area contributed by atoms with Crippen LogP contribution >= 0.6 is 0 Å². The summed E-state index contributed by atoms with van der Waals surface area (Å²) in [5.41, 5.74) is 0.913. The van der Waals surface area contributed by atoms with Crippen LogP contribution < -0.4 is 5.32 Å². The van der Waals surface area contributed by atoms with Crippen molar-refractivity contribution in [2.24, 2.45) is 0 Å². The van der Waals surface area contributed by atoms with Crippen molar-refractivity contribution in [1.82, 2.24) is 10.3 Å². The first kappa shape index (κ1) is 24.5. The first-order valence-electron chi connectivity index (χ1n) is 10.1. The van der Waals surface area contributed by atoms with E-state index in [1.54, 1.807) is 25.1 Å². The molecule has 0 saturated heterocycles. The van der Waals surface area contributed by atoms with Crippen LogP contribution in [0.25, 0.3) is 5.57 Å². The Morgan fingerprint density at radius 3 is 2.48 bits per heavy atom. The van der Waals surface area contributed by atoms with Gasteiger partial charge in [0, 0.05) is 29.9 Å². The molecule has 166 valence electrons. The Balaban J connectivity index is 2.21. The number of unbranched alkanes of at least 4 members (excludes halogenated alkanes) is 1. The van der Waals surface area contributed by atoms with Crippen LogP contribution in [0.5, 0.6) is 0 Å². The fraction of sp³-hybridized carbons (Fsp3) is 0.333. The predicted octanol–water partition coefficient (Wildman–Crippen LogP) is 6.55. The van der Waals surface area contributed by atoms with Crippen molar-refractivity contribution in [3.63, 3.8) is 0 Å². The SMILES string of the molecule is C=C(C)c1cnc(C(F)(F)F)cc1C(=N)C=CC(CCCC)NCc1ccc(F)cc1. The zero-order valence-electron chi connectivity index (χ0n) is 17.7. The average Bonchev–Trinajstić information content (AvgIpc) is 2.73.